The molecule has 40 valence electrons. The molecule has 0 aliphatic rings. The molecule has 0 saturated heterocycles. The predicted molar refractivity (Wildman–Crippen MR) is 33.0 cm³/mol. The van der Waals surface area contributed by atoms with Crippen molar-refractivity contribution in [1.82, 2.24) is 0 Å². The van der Waals surface area contributed by atoms with Crippen LogP contribution in [0.3, 0.4) is 0 Å². The van der Waals surface area contributed by atoms with Crippen LogP contribution in [0.4, 0.5) is 0 Å². The Morgan fingerprint density at radius 3 is 2.57 bits per heavy atom. The van der Waals surface area contributed by atoms with E-state index in [1.54, 1.807) is 6.92 Å². The fraction of sp³-hybridized carbons (Fsp3) is 0.600. The molecule has 0 fully saturated rings. The van der Waals surface area contributed by atoms with Crippen molar-refractivity contribution in [2.24, 2.45) is 0 Å². The van der Waals surface area contributed by atoms with Crippen LogP contribution >= 0.6 is 15.9 Å². The number of hydrogen-bond acceptors (Lipinski definition) is 1. The summed E-state index contributed by atoms with van der Waals surface area (Å²) in [5.74, 6) is 5.36. The number of alkyl halides is 1. The Labute approximate surface area is 51.9 Å². The molecular formula is C5H7BrO. The minimum absolute atomic E-state index is 0.458. The van der Waals surface area contributed by atoms with Crippen LogP contribution in [0.15, 0.2) is 0 Å². The van der Waals surface area contributed by atoms with Gasteiger partial charge in [-0.15, -0.1) is 5.92 Å². The maximum absolute atomic E-state index is 8.50. The van der Waals surface area contributed by atoms with Gasteiger partial charge in [0.15, 0.2) is 0 Å². The molecule has 1 atom stereocenters. The standard InChI is InChI=1S/C5H7BrO/c1-2-3-4-5(6)7/h5,7H,4H2,1H3. The van der Waals surface area contributed by atoms with Crippen molar-refractivity contribution in [2.75, 3.05) is 0 Å². The molecule has 0 aliphatic carbocycles. The number of hydrogen-bond donors (Lipinski definition) is 1. The van der Waals surface area contributed by atoms with Crippen LogP contribution in [0.5, 0.6) is 0 Å². The van der Waals surface area contributed by atoms with Crippen LogP contribution in [0.1, 0.15) is 13.3 Å². The van der Waals surface area contributed by atoms with E-state index in [2.05, 4.69) is 27.8 Å². The molecule has 0 bridgehead atoms. The van der Waals surface area contributed by atoms with Gasteiger partial charge in [-0.25, -0.2) is 0 Å². The van der Waals surface area contributed by atoms with Gasteiger partial charge in [0.2, 0.25) is 0 Å². The summed E-state index contributed by atoms with van der Waals surface area (Å²) in [6.45, 7) is 1.75. The van der Waals surface area contributed by atoms with Crippen molar-refractivity contribution in [3.8, 4) is 11.8 Å². The molecule has 0 aliphatic heterocycles. The molecule has 0 saturated carbocycles. The molecule has 0 radical (unpaired) electrons. The summed E-state index contributed by atoms with van der Waals surface area (Å²) < 4.78 is 0. The lowest BCUT2D eigenvalue weighted by Gasteiger charge is -1.88. The van der Waals surface area contributed by atoms with Gasteiger partial charge in [0.1, 0.15) is 5.01 Å². The van der Waals surface area contributed by atoms with E-state index >= 15 is 0 Å². The van der Waals surface area contributed by atoms with E-state index in [-0.39, 0.29) is 0 Å². The fourth-order valence-corrected chi connectivity index (χ4v) is 0.348. The summed E-state index contributed by atoms with van der Waals surface area (Å²) in [7, 11) is 0. The summed E-state index contributed by atoms with van der Waals surface area (Å²) in [6.07, 6.45) is 0.510. The van der Waals surface area contributed by atoms with Gasteiger partial charge in [0.25, 0.3) is 0 Å². The maximum Gasteiger partial charge on any atom is 0.119 e. The first-order chi connectivity index (χ1) is 3.27. The lowest BCUT2D eigenvalue weighted by atomic mass is 10.4. The van der Waals surface area contributed by atoms with Crippen LogP contribution in [0.2, 0.25) is 0 Å². The minimum atomic E-state index is -0.458. The van der Waals surface area contributed by atoms with Gasteiger partial charge in [0, 0.05) is 6.42 Å². The summed E-state index contributed by atoms with van der Waals surface area (Å²) in [5.41, 5.74) is 0. The number of halogens is 1. The Kier molecular flexibility index (Phi) is 4.17. The lowest BCUT2D eigenvalue weighted by molar-refractivity contribution is 0.276. The van der Waals surface area contributed by atoms with E-state index in [9.17, 15) is 0 Å². The smallest absolute Gasteiger partial charge is 0.119 e. The molecule has 0 spiro atoms. The summed E-state index contributed by atoms with van der Waals surface area (Å²) in [4.78, 5) is 0. The fourth-order valence-electron chi connectivity index (χ4n) is 0.186. The molecule has 2 heteroatoms. The highest BCUT2D eigenvalue weighted by Gasteiger charge is 1.88. The molecule has 1 N–H and O–H groups in total. The molecule has 0 heterocycles. The van der Waals surface area contributed by atoms with Gasteiger partial charge in [-0.1, -0.05) is 21.9 Å². The van der Waals surface area contributed by atoms with Gasteiger partial charge >= 0.3 is 0 Å². The molecule has 0 aromatic heterocycles. The molecule has 0 amide bonds. The van der Waals surface area contributed by atoms with E-state index in [1.807, 2.05) is 0 Å². The van der Waals surface area contributed by atoms with Crippen molar-refractivity contribution >= 4 is 15.9 Å². The quantitative estimate of drug-likeness (QED) is 0.453. The van der Waals surface area contributed by atoms with Crippen LogP contribution in [0.25, 0.3) is 0 Å². The third-order valence-electron chi connectivity index (χ3n) is 0.447. The number of aliphatic hydroxyl groups is 1. The number of rotatable bonds is 1. The molecule has 1 unspecified atom stereocenters. The van der Waals surface area contributed by atoms with Crippen molar-refractivity contribution in [2.45, 2.75) is 18.4 Å². The van der Waals surface area contributed by atoms with E-state index in [0.29, 0.717) is 6.42 Å². The highest BCUT2D eigenvalue weighted by Crippen LogP contribution is 1.96. The Bertz CT molecular complexity index is 88.0. The SMILES string of the molecule is CC#CCC(O)Br. The lowest BCUT2D eigenvalue weighted by Crippen LogP contribution is -1.89. The van der Waals surface area contributed by atoms with Crippen LogP contribution < -0.4 is 0 Å². The van der Waals surface area contributed by atoms with Gasteiger partial charge in [0.05, 0.1) is 0 Å². The average molecular weight is 163 g/mol. The van der Waals surface area contributed by atoms with Crippen molar-refractivity contribution in [3.05, 3.63) is 0 Å². The van der Waals surface area contributed by atoms with Crippen molar-refractivity contribution in [1.29, 1.82) is 0 Å². The van der Waals surface area contributed by atoms with E-state index < -0.39 is 5.01 Å². The zero-order valence-electron chi connectivity index (χ0n) is 4.11. The predicted octanol–water partition coefficient (Wildman–Crippen LogP) is 1.11. The number of aliphatic hydroxyl groups excluding tert-OH is 1. The zero-order chi connectivity index (χ0) is 5.70. The molecule has 7 heavy (non-hydrogen) atoms. The van der Waals surface area contributed by atoms with Gasteiger partial charge in [-0.05, 0) is 6.92 Å². The van der Waals surface area contributed by atoms with Crippen LogP contribution in [-0.4, -0.2) is 10.1 Å². The van der Waals surface area contributed by atoms with E-state index in [1.165, 1.54) is 0 Å². The molecule has 0 aromatic rings. The summed E-state index contributed by atoms with van der Waals surface area (Å²) >= 11 is 2.93. The first-order valence-electron chi connectivity index (χ1n) is 1.99. The summed E-state index contributed by atoms with van der Waals surface area (Å²) in [6, 6.07) is 0. The first-order valence-corrected chi connectivity index (χ1v) is 2.90. The second-order valence-corrected chi connectivity index (χ2v) is 2.12. The van der Waals surface area contributed by atoms with Gasteiger partial charge < -0.3 is 5.11 Å². The Morgan fingerprint density at radius 2 is 2.43 bits per heavy atom. The van der Waals surface area contributed by atoms with Crippen molar-refractivity contribution in [3.63, 3.8) is 0 Å². The normalized spacial score (nSPS) is 11.9. The van der Waals surface area contributed by atoms with E-state index in [4.69, 9.17) is 5.11 Å². The molecule has 1 nitrogen and oxygen atoms in total. The second-order valence-electron chi connectivity index (χ2n) is 1.07. The van der Waals surface area contributed by atoms with Gasteiger partial charge in [-0.3, -0.25) is 0 Å². The van der Waals surface area contributed by atoms with Gasteiger partial charge in [-0.2, -0.15) is 0 Å². The van der Waals surface area contributed by atoms with Crippen molar-refractivity contribution < 1.29 is 5.11 Å². The highest BCUT2D eigenvalue weighted by atomic mass is 79.9. The van der Waals surface area contributed by atoms with Crippen LogP contribution in [-0.2, 0) is 0 Å². The Balaban J connectivity index is 3.08. The zero-order valence-corrected chi connectivity index (χ0v) is 5.70. The highest BCUT2D eigenvalue weighted by molar-refractivity contribution is 9.09. The van der Waals surface area contributed by atoms with E-state index in [0.717, 1.165) is 0 Å². The topological polar surface area (TPSA) is 20.2 Å². The Hall–Kier alpha value is 0. The first kappa shape index (κ1) is 7.00. The Morgan fingerprint density at radius 1 is 1.86 bits per heavy atom. The molecular weight excluding hydrogens is 156 g/mol. The molecule has 0 rings (SSSR count). The third-order valence-corrected chi connectivity index (χ3v) is 0.771. The molecule has 0 aromatic carbocycles. The maximum atomic E-state index is 8.50. The van der Waals surface area contributed by atoms with Crippen LogP contribution in [0, 0.1) is 11.8 Å². The second kappa shape index (κ2) is 4.17. The average Bonchev–Trinajstić information content (AvgIpc) is 1.61. The third kappa shape index (κ3) is 6.00. The largest absolute Gasteiger partial charge is 0.381 e. The summed E-state index contributed by atoms with van der Waals surface area (Å²) in [5, 5.41) is 8.04. The minimum Gasteiger partial charge on any atom is -0.381 e. The monoisotopic (exact) mass is 162 g/mol.